The third-order valence-corrected chi connectivity index (χ3v) is 5.61. The first-order valence-corrected chi connectivity index (χ1v) is 9.35. The number of carboxylic acid groups (broad SMARTS) is 1. The lowest BCUT2D eigenvalue weighted by Gasteiger charge is -2.32. The number of piperidine rings is 1. The molecule has 0 aromatic heterocycles. The standard InChI is InChI=1S/C18H32N2O3/c1-2-3-4-14-5-7-15(8-6-14)13-19-18(23)20-11-9-16(10-12-20)17(21)22/h14-16H,2-13H2,1H3,(H,19,23)(H,21,22). The highest BCUT2D eigenvalue weighted by atomic mass is 16.4. The molecule has 2 aliphatic rings. The Balaban J connectivity index is 1.61. The fraction of sp³-hybridized carbons (Fsp3) is 0.889. The normalized spacial score (nSPS) is 26.0. The summed E-state index contributed by atoms with van der Waals surface area (Å²) in [4.78, 5) is 24.9. The Morgan fingerprint density at radius 2 is 1.65 bits per heavy atom. The van der Waals surface area contributed by atoms with Crippen LogP contribution in [-0.2, 0) is 4.79 Å². The van der Waals surface area contributed by atoms with Crippen molar-refractivity contribution in [3.8, 4) is 0 Å². The van der Waals surface area contributed by atoms with E-state index in [1.165, 1.54) is 44.9 Å². The van der Waals surface area contributed by atoms with Crippen molar-refractivity contribution in [1.29, 1.82) is 0 Å². The van der Waals surface area contributed by atoms with Crippen molar-refractivity contribution in [3.05, 3.63) is 0 Å². The van der Waals surface area contributed by atoms with E-state index < -0.39 is 5.97 Å². The van der Waals surface area contributed by atoms with Crippen molar-refractivity contribution in [2.75, 3.05) is 19.6 Å². The van der Waals surface area contributed by atoms with Gasteiger partial charge in [0.2, 0.25) is 0 Å². The molecule has 1 aliphatic carbocycles. The number of urea groups is 1. The number of aliphatic carboxylic acids is 1. The van der Waals surface area contributed by atoms with Crippen LogP contribution >= 0.6 is 0 Å². The number of unbranched alkanes of at least 4 members (excludes halogenated alkanes) is 1. The van der Waals surface area contributed by atoms with Gasteiger partial charge in [-0.05, 0) is 37.5 Å². The molecule has 1 aliphatic heterocycles. The van der Waals surface area contributed by atoms with Crippen LogP contribution in [0, 0.1) is 17.8 Å². The lowest BCUT2D eigenvalue weighted by Crippen LogP contribution is -2.46. The van der Waals surface area contributed by atoms with Gasteiger partial charge in [0, 0.05) is 19.6 Å². The number of carbonyl (C=O) groups excluding carboxylic acids is 1. The summed E-state index contributed by atoms with van der Waals surface area (Å²) in [5.74, 6) is 0.507. The van der Waals surface area contributed by atoms with Crippen molar-refractivity contribution in [2.24, 2.45) is 17.8 Å². The summed E-state index contributed by atoms with van der Waals surface area (Å²) >= 11 is 0. The van der Waals surface area contributed by atoms with Crippen molar-refractivity contribution in [2.45, 2.75) is 64.7 Å². The van der Waals surface area contributed by atoms with Crippen molar-refractivity contribution in [3.63, 3.8) is 0 Å². The van der Waals surface area contributed by atoms with Gasteiger partial charge in [0.05, 0.1) is 5.92 Å². The second-order valence-corrected chi connectivity index (χ2v) is 7.31. The van der Waals surface area contributed by atoms with E-state index in [0.717, 1.165) is 12.5 Å². The molecule has 0 unspecified atom stereocenters. The van der Waals surface area contributed by atoms with Crippen LogP contribution in [0.3, 0.4) is 0 Å². The quantitative estimate of drug-likeness (QED) is 0.786. The van der Waals surface area contributed by atoms with Crippen LogP contribution in [0.1, 0.15) is 64.7 Å². The summed E-state index contributed by atoms with van der Waals surface area (Å²) in [6.07, 6.45) is 10.2. The highest BCUT2D eigenvalue weighted by Gasteiger charge is 2.27. The van der Waals surface area contributed by atoms with E-state index in [0.29, 0.717) is 31.8 Å². The molecule has 5 nitrogen and oxygen atoms in total. The first-order chi connectivity index (χ1) is 11.1. The molecule has 0 atom stereocenters. The smallest absolute Gasteiger partial charge is 0.317 e. The summed E-state index contributed by atoms with van der Waals surface area (Å²) in [6.45, 7) is 4.15. The van der Waals surface area contributed by atoms with Gasteiger partial charge >= 0.3 is 12.0 Å². The number of likely N-dealkylation sites (tertiary alicyclic amines) is 1. The maximum absolute atomic E-state index is 12.2. The number of nitrogens with one attached hydrogen (secondary N) is 1. The third kappa shape index (κ3) is 5.70. The lowest BCUT2D eigenvalue weighted by atomic mass is 9.80. The number of amides is 2. The lowest BCUT2D eigenvalue weighted by molar-refractivity contribution is -0.143. The van der Waals surface area contributed by atoms with Gasteiger partial charge in [-0.25, -0.2) is 4.79 Å². The van der Waals surface area contributed by atoms with Crippen LogP contribution < -0.4 is 5.32 Å². The van der Waals surface area contributed by atoms with Crippen molar-refractivity contribution >= 4 is 12.0 Å². The van der Waals surface area contributed by atoms with Crippen LogP contribution in [0.4, 0.5) is 4.79 Å². The average Bonchev–Trinajstić information content (AvgIpc) is 2.58. The molecule has 2 amide bonds. The van der Waals surface area contributed by atoms with Crippen molar-refractivity contribution in [1.82, 2.24) is 10.2 Å². The zero-order valence-corrected chi connectivity index (χ0v) is 14.4. The molecule has 23 heavy (non-hydrogen) atoms. The minimum absolute atomic E-state index is 0.0121. The van der Waals surface area contributed by atoms with Crippen LogP contribution in [0.25, 0.3) is 0 Å². The molecule has 0 spiro atoms. The molecule has 132 valence electrons. The Kier molecular flexibility index (Phi) is 7.18. The summed E-state index contributed by atoms with van der Waals surface area (Å²) in [5, 5.41) is 12.1. The molecule has 2 rings (SSSR count). The van der Waals surface area contributed by atoms with Gasteiger partial charge in [0.1, 0.15) is 0 Å². The Bertz CT molecular complexity index is 384. The molecule has 1 saturated heterocycles. The highest BCUT2D eigenvalue weighted by molar-refractivity contribution is 5.75. The predicted octanol–water partition coefficient (Wildman–Crippen LogP) is 3.49. The average molecular weight is 324 g/mol. The van der Waals surface area contributed by atoms with Gasteiger partial charge in [-0.2, -0.15) is 0 Å². The minimum Gasteiger partial charge on any atom is -0.481 e. The Morgan fingerprint density at radius 1 is 1.04 bits per heavy atom. The molecule has 1 heterocycles. The fourth-order valence-corrected chi connectivity index (χ4v) is 3.89. The van der Waals surface area contributed by atoms with E-state index in [1.807, 2.05) is 0 Å². The van der Waals surface area contributed by atoms with E-state index in [-0.39, 0.29) is 11.9 Å². The summed E-state index contributed by atoms with van der Waals surface area (Å²) in [5.41, 5.74) is 0. The summed E-state index contributed by atoms with van der Waals surface area (Å²) in [7, 11) is 0. The van der Waals surface area contributed by atoms with E-state index >= 15 is 0 Å². The molecular weight excluding hydrogens is 292 g/mol. The highest BCUT2D eigenvalue weighted by Crippen LogP contribution is 2.31. The second-order valence-electron chi connectivity index (χ2n) is 7.31. The van der Waals surface area contributed by atoms with E-state index in [4.69, 9.17) is 5.11 Å². The molecule has 2 fully saturated rings. The topological polar surface area (TPSA) is 69.6 Å². The van der Waals surface area contributed by atoms with Gasteiger partial charge in [-0.1, -0.05) is 39.0 Å². The van der Waals surface area contributed by atoms with Crippen LogP contribution in [0.2, 0.25) is 0 Å². The molecule has 0 bridgehead atoms. The van der Waals surface area contributed by atoms with Gasteiger partial charge in [0.25, 0.3) is 0 Å². The van der Waals surface area contributed by atoms with Gasteiger partial charge in [-0.15, -0.1) is 0 Å². The minimum atomic E-state index is -0.732. The van der Waals surface area contributed by atoms with Gasteiger partial charge in [-0.3, -0.25) is 4.79 Å². The third-order valence-electron chi connectivity index (χ3n) is 5.61. The number of rotatable bonds is 6. The van der Waals surface area contributed by atoms with Crippen LogP contribution in [0.5, 0.6) is 0 Å². The van der Waals surface area contributed by atoms with Gasteiger partial charge < -0.3 is 15.3 Å². The maximum Gasteiger partial charge on any atom is 0.317 e. The number of hydrogen-bond donors (Lipinski definition) is 2. The van der Waals surface area contributed by atoms with E-state index in [1.54, 1.807) is 4.90 Å². The Labute approximate surface area is 139 Å². The fourth-order valence-electron chi connectivity index (χ4n) is 3.89. The van der Waals surface area contributed by atoms with Gasteiger partial charge in [0.15, 0.2) is 0 Å². The van der Waals surface area contributed by atoms with Crippen LogP contribution in [-0.4, -0.2) is 41.6 Å². The molecular formula is C18H32N2O3. The zero-order valence-electron chi connectivity index (χ0n) is 14.4. The molecule has 0 aromatic carbocycles. The first kappa shape index (κ1) is 18.1. The molecule has 1 saturated carbocycles. The summed E-state index contributed by atoms with van der Waals surface area (Å²) < 4.78 is 0. The Hall–Kier alpha value is -1.26. The second kappa shape index (κ2) is 9.14. The molecule has 5 heteroatoms. The summed E-state index contributed by atoms with van der Waals surface area (Å²) in [6, 6.07) is -0.0121. The molecule has 0 radical (unpaired) electrons. The van der Waals surface area contributed by atoms with E-state index in [9.17, 15) is 9.59 Å². The number of carboxylic acids is 1. The van der Waals surface area contributed by atoms with Crippen molar-refractivity contribution < 1.29 is 14.7 Å². The first-order valence-electron chi connectivity index (χ1n) is 9.35. The maximum atomic E-state index is 12.2. The monoisotopic (exact) mass is 324 g/mol. The number of carbonyl (C=O) groups is 2. The SMILES string of the molecule is CCCCC1CCC(CNC(=O)N2CCC(C(=O)O)CC2)CC1. The molecule has 2 N–H and O–H groups in total. The molecule has 0 aromatic rings. The zero-order chi connectivity index (χ0) is 16.7. The number of hydrogen-bond acceptors (Lipinski definition) is 2. The number of nitrogens with zero attached hydrogens (tertiary/aromatic N) is 1. The van der Waals surface area contributed by atoms with Crippen LogP contribution in [0.15, 0.2) is 0 Å². The Morgan fingerprint density at radius 3 is 2.22 bits per heavy atom. The predicted molar refractivity (Wildman–Crippen MR) is 90.3 cm³/mol. The van der Waals surface area contributed by atoms with E-state index in [2.05, 4.69) is 12.2 Å². The largest absolute Gasteiger partial charge is 0.481 e.